The number of nitrogens with one attached hydrogen (secondary N) is 1. The van der Waals surface area contributed by atoms with Crippen molar-refractivity contribution in [2.45, 2.75) is 69.8 Å². The molecule has 1 saturated carbocycles. The van der Waals surface area contributed by atoms with Gasteiger partial charge in [0.05, 0.1) is 29.5 Å². The fraction of sp³-hybridized carbons (Fsp3) is 0.591. The molecule has 0 bridgehead atoms. The number of likely N-dealkylation sites (tertiary alicyclic amines) is 1. The molecule has 0 spiro atoms. The van der Waals surface area contributed by atoms with Crippen LogP contribution in [0.4, 0.5) is 5.82 Å². The summed E-state index contributed by atoms with van der Waals surface area (Å²) in [5.41, 5.74) is 2.61. The Hall–Kier alpha value is -2.29. The van der Waals surface area contributed by atoms with Crippen molar-refractivity contribution in [3.63, 3.8) is 0 Å². The van der Waals surface area contributed by atoms with Gasteiger partial charge in [0.15, 0.2) is 0 Å². The Balaban J connectivity index is 1.41. The first kappa shape index (κ1) is 21.0. The lowest BCUT2D eigenvalue weighted by Crippen LogP contribution is -2.40. The summed E-state index contributed by atoms with van der Waals surface area (Å²) >= 11 is 0. The number of aliphatic hydroxyl groups excluding tert-OH is 1. The van der Waals surface area contributed by atoms with Crippen LogP contribution in [0.5, 0.6) is 0 Å². The molecule has 0 amide bonds. The van der Waals surface area contributed by atoms with Crippen molar-refractivity contribution in [2.24, 2.45) is 0 Å². The number of benzene rings is 1. The molecule has 30 heavy (non-hydrogen) atoms. The number of aliphatic hydroxyl groups is 1. The zero-order chi connectivity index (χ0) is 20.9. The number of rotatable bonds is 7. The minimum absolute atomic E-state index is 0.0867. The topological polar surface area (TPSA) is 96.5 Å². The van der Waals surface area contributed by atoms with E-state index in [0.717, 1.165) is 64.7 Å². The van der Waals surface area contributed by atoms with Crippen LogP contribution < -0.4 is 5.32 Å². The summed E-state index contributed by atoms with van der Waals surface area (Å²) in [4.78, 5) is 13.0. The second kappa shape index (κ2) is 9.68. The van der Waals surface area contributed by atoms with Gasteiger partial charge in [0.1, 0.15) is 0 Å². The molecule has 1 aromatic carbocycles. The van der Waals surface area contributed by atoms with E-state index in [2.05, 4.69) is 39.6 Å². The van der Waals surface area contributed by atoms with Crippen molar-refractivity contribution in [3.05, 3.63) is 57.8 Å². The summed E-state index contributed by atoms with van der Waals surface area (Å²) in [5, 5.41) is 28.7. The molecule has 1 aliphatic carbocycles. The molecule has 2 atom stereocenters. The van der Waals surface area contributed by atoms with Gasteiger partial charge in [-0.25, -0.2) is 0 Å². The maximum Gasteiger partial charge on any atom is 0.389 e. The van der Waals surface area contributed by atoms with E-state index in [1.54, 1.807) is 10.9 Å². The van der Waals surface area contributed by atoms with Crippen molar-refractivity contribution in [3.8, 4) is 0 Å². The van der Waals surface area contributed by atoms with Gasteiger partial charge in [-0.1, -0.05) is 37.1 Å². The standard InChI is InChI=1S/C22H31N5O3/c28-19-9-12-25(13-10-19)16-18-6-2-1-5-17(18)15-23-20-7-3-4-8-21(20)26-14-11-22(24-26)27(29)30/h1-2,5-6,11,14,19-21,23,28H,3-4,7-10,12-13,15-16H2/t20-,21+/m1/s1. The molecule has 8 heteroatoms. The molecule has 2 heterocycles. The van der Waals surface area contributed by atoms with E-state index >= 15 is 0 Å². The van der Waals surface area contributed by atoms with Crippen molar-refractivity contribution in [2.75, 3.05) is 13.1 Å². The summed E-state index contributed by atoms with van der Waals surface area (Å²) < 4.78 is 1.78. The van der Waals surface area contributed by atoms with Gasteiger partial charge in [-0.3, -0.25) is 4.90 Å². The Labute approximate surface area is 177 Å². The van der Waals surface area contributed by atoms with Crippen molar-refractivity contribution in [1.29, 1.82) is 0 Å². The first-order valence-corrected chi connectivity index (χ1v) is 11.0. The molecule has 0 unspecified atom stereocenters. The third kappa shape index (κ3) is 5.06. The third-order valence-corrected chi connectivity index (χ3v) is 6.47. The molecule has 2 aliphatic rings. The molecule has 2 N–H and O–H groups in total. The molecular weight excluding hydrogens is 382 g/mol. The number of nitro groups is 1. The van der Waals surface area contributed by atoms with Gasteiger partial charge in [0, 0.05) is 32.2 Å². The first-order chi connectivity index (χ1) is 14.6. The molecular formula is C22H31N5O3. The zero-order valence-corrected chi connectivity index (χ0v) is 17.3. The quantitative estimate of drug-likeness (QED) is 0.535. The highest BCUT2D eigenvalue weighted by Crippen LogP contribution is 2.29. The lowest BCUT2D eigenvalue weighted by Gasteiger charge is -2.32. The van der Waals surface area contributed by atoms with Crippen LogP contribution in [0, 0.1) is 10.1 Å². The molecule has 0 radical (unpaired) electrons. The van der Waals surface area contributed by atoms with Crippen LogP contribution in [0.2, 0.25) is 0 Å². The van der Waals surface area contributed by atoms with E-state index in [-0.39, 0.29) is 24.0 Å². The molecule has 8 nitrogen and oxygen atoms in total. The minimum Gasteiger partial charge on any atom is -0.393 e. The molecule has 1 aromatic heterocycles. The lowest BCUT2D eigenvalue weighted by molar-refractivity contribution is -0.389. The predicted octanol–water partition coefficient (Wildman–Crippen LogP) is 3.02. The summed E-state index contributed by atoms with van der Waals surface area (Å²) in [5.74, 6) is -0.0867. The lowest BCUT2D eigenvalue weighted by atomic mass is 9.90. The van der Waals surface area contributed by atoms with Crippen molar-refractivity contribution >= 4 is 5.82 Å². The average Bonchev–Trinajstić information content (AvgIpc) is 3.25. The van der Waals surface area contributed by atoms with E-state index < -0.39 is 4.92 Å². The molecule has 2 fully saturated rings. The van der Waals surface area contributed by atoms with Crippen LogP contribution in [0.25, 0.3) is 0 Å². The molecule has 2 aromatic rings. The highest BCUT2D eigenvalue weighted by atomic mass is 16.6. The number of hydrogen-bond donors (Lipinski definition) is 2. The van der Waals surface area contributed by atoms with Gasteiger partial charge in [0.25, 0.3) is 0 Å². The van der Waals surface area contributed by atoms with Gasteiger partial charge >= 0.3 is 5.82 Å². The SMILES string of the molecule is O=[N+]([O-])c1ccn([C@H]2CCCC[C@H]2NCc2ccccc2CN2CCC(O)CC2)n1. The second-order valence-electron chi connectivity index (χ2n) is 8.53. The Kier molecular flexibility index (Phi) is 6.76. The summed E-state index contributed by atoms with van der Waals surface area (Å²) in [6.07, 6.45) is 7.59. The third-order valence-electron chi connectivity index (χ3n) is 6.47. The van der Waals surface area contributed by atoms with Crippen molar-refractivity contribution < 1.29 is 10.0 Å². The van der Waals surface area contributed by atoms with Gasteiger partial charge < -0.3 is 20.5 Å². The van der Waals surface area contributed by atoms with Crippen LogP contribution in [0.1, 0.15) is 55.7 Å². The van der Waals surface area contributed by atoms with Gasteiger partial charge in [-0.2, -0.15) is 4.68 Å². The monoisotopic (exact) mass is 413 g/mol. The molecule has 1 saturated heterocycles. The largest absolute Gasteiger partial charge is 0.393 e. The van der Waals surface area contributed by atoms with E-state index in [1.807, 2.05) is 0 Å². The van der Waals surface area contributed by atoms with E-state index in [0.29, 0.717) is 0 Å². The van der Waals surface area contributed by atoms with Crippen LogP contribution >= 0.6 is 0 Å². The number of nitrogens with zero attached hydrogens (tertiary/aromatic N) is 4. The van der Waals surface area contributed by atoms with Crippen molar-refractivity contribution in [1.82, 2.24) is 20.0 Å². The van der Waals surface area contributed by atoms with E-state index in [9.17, 15) is 15.2 Å². The summed E-state index contributed by atoms with van der Waals surface area (Å²) in [7, 11) is 0. The smallest absolute Gasteiger partial charge is 0.389 e. The first-order valence-electron chi connectivity index (χ1n) is 11.0. The second-order valence-corrected chi connectivity index (χ2v) is 8.53. The Morgan fingerprint density at radius 1 is 1.10 bits per heavy atom. The van der Waals surface area contributed by atoms with Gasteiger partial charge in [-0.15, -0.1) is 0 Å². The number of aromatic nitrogens is 2. The molecule has 162 valence electrons. The number of hydrogen-bond acceptors (Lipinski definition) is 6. The Morgan fingerprint density at radius 2 is 1.83 bits per heavy atom. The highest BCUT2D eigenvalue weighted by Gasteiger charge is 2.30. The zero-order valence-electron chi connectivity index (χ0n) is 17.3. The van der Waals surface area contributed by atoms with Gasteiger partial charge in [0.2, 0.25) is 0 Å². The number of piperidine rings is 1. The molecule has 1 aliphatic heterocycles. The van der Waals surface area contributed by atoms with Crippen LogP contribution in [-0.4, -0.2) is 49.9 Å². The van der Waals surface area contributed by atoms with E-state index in [1.165, 1.54) is 17.2 Å². The highest BCUT2D eigenvalue weighted by molar-refractivity contribution is 5.27. The fourth-order valence-electron chi connectivity index (χ4n) is 4.72. The van der Waals surface area contributed by atoms with Crippen LogP contribution in [0.3, 0.4) is 0 Å². The van der Waals surface area contributed by atoms with Crippen LogP contribution in [0.15, 0.2) is 36.5 Å². The molecule has 4 rings (SSSR count). The van der Waals surface area contributed by atoms with Crippen LogP contribution in [-0.2, 0) is 13.1 Å². The normalized spacial score (nSPS) is 23.5. The van der Waals surface area contributed by atoms with Gasteiger partial charge in [-0.05, 0) is 41.7 Å². The maximum atomic E-state index is 11.0. The Morgan fingerprint density at radius 3 is 2.57 bits per heavy atom. The van der Waals surface area contributed by atoms with E-state index in [4.69, 9.17) is 0 Å². The maximum absolute atomic E-state index is 11.0. The Bertz CT molecular complexity index is 847. The fourth-order valence-corrected chi connectivity index (χ4v) is 4.72. The summed E-state index contributed by atoms with van der Waals surface area (Å²) in [6.45, 7) is 3.55. The predicted molar refractivity (Wildman–Crippen MR) is 114 cm³/mol. The minimum atomic E-state index is -0.433. The average molecular weight is 414 g/mol. The summed E-state index contributed by atoms with van der Waals surface area (Å²) in [6, 6.07) is 10.4.